The molecule has 0 aromatic carbocycles. The smallest absolute Gasteiger partial charge is 0.335 e. The second-order valence-corrected chi connectivity index (χ2v) is 6.10. The van der Waals surface area contributed by atoms with Crippen molar-refractivity contribution >= 4 is 13.6 Å². The molecule has 0 heterocycles. The van der Waals surface area contributed by atoms with Crippen molar-refractivity contribution in [2.24, 2.45) is 5.92 Å². The predicted octanol–water partition coefficient (Wildman–Crippen LogP) is -1.89. The number of hydrogen-bond acceptors (Lipinski definition) is 5. The summed E-state index contributed by atoms with van der Waals surface area (Å²) in [6.45, 7) is 0. The van der Waals surface area contributed by atoms with Crippen LogP contribution in [0.3, 0.4) is 0 Å². The van der Waals surface area contributed by atoms with Crippen LogP contribution in [0.5, 0.6) is 0 Å². The van der Waals surface area contributed by atoms with Gasteiger partial charge >= 0.3 is 13.6 Å². The largest absolute Gasteiger partial charge is 0.479 e. The second-order valence-electron chi connectivity index (χ2n) is 4.41. The molecule has 0 aromatic heterocycles. The fraction of sp³-hybridized carbons (Fsp3) is 0.875. The van der Waals surface area contributed by atoms with Crippen LogP contribution in [0.25, 0.3) is 0 Å². The molecule has 0 saturated heterocycles. The first-order valence-corrected chi connectivity index (χ1v) is 6.71. The first kappa shape index (κ1) is 14.6. The van der Waals surface area contributed by atoms with Crippen LogP contribution in [0.4, 0.5) is 0 Å². The van der Waals surface area contributed by atoms with Crippen LogP contribution < -0.4 is 0 Å². The SMILES string of the molecule is O=C(O)[C@]1(O)C[C@@H](CP(=O)(O)O)[C@@H](O)[C@H](O)C1. The Kier molecular flexibility index (Phi) is 3.97. The van der Waals surface area contributed by atoms with Crippen LogP contribution >= 0.6 is 7.60 Å². The monoisotopic (exact) mass is 270 g/mol. The number of carboxylic acid groups (broad SMARTS) is 1. The van der Waals surface area contributed by atoms with E-state index in [2.05, 4.69) is 0 Å². The van der Waals surface area contributed by atoms with E-state index in [4.69, 9.17) is 14.9 Å². The fourth-order valence-corrected chi connectivity index (χ4v) is 3.03. The number of aliphatic hydroxyl groups excluding tert-OH is 2. The van der Waals surface area contributed by atoms with E-state index in [1.807, 2.05) is 0 Å². The lowest BCUT2D eigenvalue weighted by molar-refractivity contribution is -0.177. The molecule has 0 amide bonds. The van der Waals surface area contributed by atoms with Crippen molar-refractivity contribution in [3.63, 3.8) is 0 Å². The maximum absolute atomic E-state index is 10.8. The molecule has 17 heavy (non-hydrogen) atoms. The lowest BCUT2D eigenvalue weighted by Gasteiger charge is -2.39. The van der Waals surface area contributed by atoms with Gasteiger partial charge in [-0.15, -0.1) is 0 Å². The Morgan fingerprint density at radius 2 is 1.82 bits per heavy atom. The van der Waals surface area contributed by atoms with Crippen molar-refractivity contribution in [2.45, 2.75) is 30.7 Å². The Labute approximate surface area is 96.7 Å². The third-order valence-electron chi connectivity index (χ3n) is 2.89. The van der Waals surface area contributed by atoms with E-state index in [0.717, 1.165) is 0 Å². The first-order valence-electron chi connectivity index (χ1n) is 4.92. The molecule has 9 heteroatoms. The van der Waals surface area contributed by atoms with E-state index < -0.39 is 56.3 Å². The minimum Gasteiger partial charge on any atom is -0.479 e. The lowest BCUT2D eigenvalue weighted by atomic mass is 9.75. The number of hydrogen-bond donors (Lipinski definition) is 6. The third kappa shape index (κ3) is 3.48. The number of carbonyl (C=O) groups is 1. The van der Waals surface area contributed by atoms with Crippen LogP contribution in [0.15, 0.2) is 0 Å². The molecule has 1 saturated carbocycles. The Balaban J connectivity index is 2.89. The minimum atomic E-state index is -4.46. The molecule has 100 valence electrons. The zero-order valence-electron chi connectivity index (χ0n) is 8.80. The van der Waals surface area contributed by atoms with Crippen LogP contribution in [0.2, 0.25) is 0 Å². The zero-order valence-corrected chi connectivity index (χ0v) is 9.69. The topological polar surface area (TPSA) is 156 Å². The molecule has 4 atom stereocenters. The summed E-state index contributed by atoms with van der Waals surface area (Å²) >= 11 is 0. The molecule has 6 N–H and O–H groups in total. The molecule has 0 bridgehead atoms. The van der Waals surface area contributed by atoms with Gasteiger partial charge in [0.1, 0.15) is 0 Å². The van der Waals surface area contributed by atoms with E-state index in [0.29, 0.717) is 0 Å². The molecule has 1 aliphatic carbocycles. The Morgan fingerprint density at radius 3 is 2.24 bits per heavy atom. The summed E-state index contributed by atoms with van der Waals surface area (Å²) in [6, 6.07) is 0. The number of rotatable bonds is 3. The van der Waals surface area contributed by atoms with Gasteiger partial charge in [0.25, 0.3) is 0 Å². The molecular formula is C8H15O8P. The molecule has 0 aliphatic heterocycles. The van der Waals surface area contributed by atoms with Crippen molar-refractivity contribution in [1.82, 2.24) is 0 Å². The van der Waals surface area contributed by atoms with Gasteiger partial charge in [-0.1, -0.05) is 0 Å². The van der Waals surface area contributed by atoms with Crippen molar-refractivity contribution in [3.8, 4) is 0 Å². The van der Waals surface area contributed by atoms with E-state index in [9.17, 15) is 24.7 Å². The molecule has 1 fully saturated rings. The highest BCUT2D eigenvalue weighted by atomic mass is 31.2. The Bertz CT molecular complexity index is 351. The van der Waals surface area contributed by atoms with Gasteiger partial charge in [-0.3, -0.25) is 4.57 Å². The maximum atomic E-state index is 10.8. The Morgan fingerprint density at radius 1 is 1.29 bits per heavy atom. The summed E-state index contributed by atoms with van der Waals surface area (Å²) in [5, 5.41) is 37.4. The molecule has 1 aliphatic rings. The molecule has 8 nitrogen and oxygen atoms in total. The van der Waals surface area contributed by atoms with E-state index in [-0.39, 0.29) is 0 Å². The molecule has 1 rings (SSSR count). The fourth-order valence-electron chi connectivity index (χ4n) is 2.07. The quantitative estimate of drug-likeness (QED) is 0.325. The summed E-state index contributed by atoms with van der Waals surface area (Å²) < 4.78 is 10.8. The van der Waals surface area contributed by atoms with E-state index in [1.54, 1.807) is 0 Å². The van der Waals surface area contributed by atoms with Crippen molar-refractivity contribution in [2.75, 3.05) is 6.16 Å². The average molecular weight is 270 g/mol. The minimum absolute atomic E-state index is 0.508. The van der Waals surface area contributed by atoms with Gasteiger partial charge in [-0.05, 0) is 6.42 Å². The van der Waals surface area contributed by atoms with Gasteiger partial charge in [0.15, 0.2) is 5.60 Å². The lowest BCUT2D eigenvalue weighted by Crippen LogP contribution is -2.54. The van der Waals surface area contributed by atoms with Crippen molar-refractivity contribution in [1.29, 1.82) is 0 Å². The van der Waals surface area contributed by atoms with E-state index >= 15 is 0 Å². The summed E-state index contributed by atoms with van der Waals surface area (Å²) in [7, 11) is -4.46. The Hall–Kier alpha value is -0.500. The van der Waals surface area contributed by atoms with Gasteiger partial charge in [0, 0.05) is 12.3 Å². The summed E-state index contributed by atoms with van der Waals surface area (Å²) in [6.07, 6.45) is -4.84. The highest BCUT2D eigenvalue weighted by Gasteiger charge is 2.50. The van der Waals surface area contributed by atoms with Crippen molar-refractivity contribution < 1.29 is 39.6 Å². The first-order chi connectivity index (χ1) is 7.55. The molecule has 0 aromatic rings. The van der Waals surface area contributed by atoms with Crippen LogP contribution in [0.1, 0.15) is 12.8 Å². The number of carboxylic acids is 1. The van der Waals surface area contributed by atoms with Gasteiger partial charge in [0.2, 0.25) is 0 Å². The normalized spacial score (nSPS) is 39.0. The van der Waals surface area contributed by atoms with Crippen LogP contribution in [-0.2, 0) is 9.36 Å². The van der Waals surface area contributed by atoms with Gasteiger partial charge < -0.3 is 30.2 Å². The van der Waals surface area contributed by atoms with Gasteiger partial charge in [-0.2, -0.15) is 0 Å². The van der Waals surface area contributed by atoms with Crippen LogP contribution in [0, 0.1) is 5.92 Å². The molecule has 0 spiro atoms. The average Bonchev–Trinajstić information content (AvgIpc) is 2.11. The predicted molar refractivity (Wildman–Crippen MR) is 54.2 cm³/mol. The van der Waals surface area contributed by atoms with Gasteiger partial charge in [-0.25, -0.2) is 4.79 Å². The zero-order chi connectivity index (χ0) is 13.4. The maximum Gasteiger partial charge on any atom is 0.335 e. The molecular weight excluding hydrogens is 255 g/mol. The second kappa shape index (κ2) is 4.64. The summed E-state index contributed by atoms with van der Waals surface area (Å²) in [4.78, 5) is 28.3. The van der Waals surface area contributed by atoms with Crippen LogP contribution in [-0.4, -0.2) is 60.2 Å². The highest BCUT2D eigenvalue weighted by Crippen LogP contribution is 2.43. The summed E-state index contributed by atoms with van der Waals surface area (Å²) in [5.41, 5.74) is -2.27. The summed E-state index contributed by atoms with van der Waals surface area (Å²) in [5.74, 6) is -2.75. The third-order valence-corrected chi connectivity index (χ3v) is 3.84. The molecule has 0 radical (unpaired) electrons. The number of aliphatic carboxylic acids is 1. The van der Waals surface area contributed by atoms with Crippen molar-refractivity contribution in [3.05, 3.63) is 0 Å². The number of aliphatic hydroxyl groups is 3. The standard InChI is InChI=1S/C8H15O8P/c9-5-2-8(13,7(11)12)1-4(6(5)10)3-17(14,15)16/h4-6,9-10,13H,1-3H2,(H,11,12)(H2,14,15,16)/t4-,5+,6+,8-/m0/s1. The van der Waals surface area contributed by atoms with E-state index in [1.165, 1.54) is 0 Å². The highest BCUT2D eigenvalue weighted by molar-refractivity contribution is 7.51. The van der Waals surface area contributed by atoms with Gasteiger partial charge in [0.05, 0.1) is 18.4 Å². The molecule has 0 unspecified atom stereocenters.